The van der Waals surface area contributed by atoms with Crippen LogP contribution >= 0.6 is 0 Å². The maximum Gasteiger partial charge on any atom is 0.411 e. The van der Waals surface area contributed by atoms with Gasteiger partial charge in [0.25, 0.3) is 0 Å². The van der Waals surface area contributed by atoms with Gasteiger partial charge in [0, 0.05) is 6.54 Å². The first kappa shape index (κ1) is 15.3. The second kappa shape index (κ2) is 6.14. The Balaban J connectivity index is 4.91. The van der Waals surface area contributed by atoms with Crippen LogP contribution in [0.5, 0.6) is 0 Å². The Morgan fingerprint density at radius 1 is 1.47 bits per heavy atom. The van der Waals surface area contributed by atoms with Gasteiger partial charge in [-0.3, -0.25) is 4.90 Å². The summed E-state index contributed by atoms with van der Waals surface area (Å²) in [6.45, 7) is 7.20. The van der Waals surface area contributed by atoms with Gasteiger partial charge in [0.05, 0.1) is 0 Å². The summed E-state index contributed by atoms with van der Waals surface area (Å²) in [5.41, 5.74) is -0.680. The molecule has 0 aromatic carbocycles. The molecule has 0 aliphatic carbocycles. The van der Waals surface area contributed by atoms with E-state index in [9.17, 15) is 9.59 Å². The number of ether oxygens (including phenoxy) is 1. The Labute approximate surface area is 102 Å². The Hall–Kier alpha value is -1.70. The first-order valence-electron chi connectivity index (χ1n) is 5.41. The van der Waals surface area contributed by atoms with Crippen LogP contribution in [-0.2, 0) is 9.53 Å². The summed E-state index contributed by atoms with van der Waals surface area (Å²) in [6.07, 6.45) is 5.02. The fourth-order valence-corrected chi connectivity index (χ4v) is 1.18. The lowest BCUT2D eigenvalue weighted by molar-refractivity contribution is -0.140. The van der Waals surface area contributed by atoms with Crippen LogP contribution in [0.3, 0.4) is 0 Å². The molecule has 17 heavy (non-hydrogen) atoms. The molecule has 0 fully saturated rings. The van der Waals surface area contributed by atoms with Crippen LogP contribution in [0, 0.1) is 12.3 Å². The van der Waals surface area contributed by atoms with Gasteiger partial charge in [-0.05, 0) is 27.2 Å². The highest BCUT2D eigenvalue weighted by atomic mass is 16.6. The molecule has 5 heteroatoms. The third-order valence-electron chi connectivity index (χ3n) is 1.80. The molecule has 0 aliphatic rings. The molecule has 0 rings (SSSR count). The van der Waals surface area contributed by atoms with Crippen molar-refractivity contribution in [2.45, 2.75) is 45.8 Å². The fourth-order valence-electron chi connectivity index (χ4n) is 1.18. The molecule has 0 spiro atoms. The van der Waals surface area contributed by atoms with Crippen molar-refractivity contribution >= 4 is 12.1 Å². The monoisotopic (exact) mass is 241 g/mol. The van der Waals surface area contributed by atoms with E-state index in [4.69, 9.17) is 16.3 Å². The third kappa shape index (κ3) is 5.25. The largest absolute Gasteiger partial charge is 0.479 e. The number of carboxylic acid groups (broad SMARTS) is 1. The molecule has 0 aromatic heterocycles. The highest BCUT2D eigenvalue weighted by Gasteiger charge is 2.30. The van der Waals surface area contributed by atoms with Crippen molar-refractivity contribution in [2.75, 3.05) is 6.54 Å². The van der Waals surface area contributed by atoms with Crippen molar-refractivity contribution in [3.63, 3.8) is 0 Å². The third-order valence-corrected chi connectivity index (χ3v) is 1.80. The minimum absolute atomic E-state index is 0.246. The minimum atomic E-state index is -1.29. The maximum atomic E-state index is 11.8. The Bertz CT molecular complexity index is 324. The number of amides is 1. The second-order valence-corrected chi connectivity index (χ2v) is 4.58. The number of carboxylic acids is 1. The molecule has 5 nitrogen and oxygen atoms in total. The molecule has 0 unspecified atom stereocenters. The normalized spacial score (nSPS) is 12.4. The number of carbonyl (C=O) groups is 2. The smallest absolute Gasteiger partial charge is 0.411 e. The number of aliphatic carboxylic acids is 1. The van der Waals surface area contributed by atoms with Crippen LogP contribution in [0.25, 0.3) is 0 Å². The van der Waals surface area contributed by atoms with E-state index in [0.717, 1.165) is 4.90 Å². The fraction of sp³-hybridized carbons (Fsp3) is 0.667. The van der Waals surface area contributed by atoms with Crippen molar-refractivity contribution in [2.24, 2.45) is 0 Å². The lowest BCUT2D eigenvalue weighted by atomic mass is 10.2. The van der Waals surface area contributed by atoms with Crippen molar-refractivity contribution in [1.29, 1.82) is 0 Å². The van der Waals surface area contributed by atoms with E-state index in [0.29, 0.717) is 6.42 Å². The number of hydrogen-bond acceptors (Lipinski definition) is 3. The van der Waals surface area contributed by atoms with Crippen LogP contribution in [-0.4, -0.2) is 40.3 Å². The van der Waals surface area contributed by atoms with Crippen LogP contribution in [0.2, 0.25) is 0 Å². The van der Waals surface area contributed by atoms with Gasteiger partial charge >= 0.3 is 12.1 Å². The van der Waals surface area contributed by atoms with Crippen molar-refractivity contribution in [3.8, 4) is 12.3 Å². The first-order valence-corrected chi connectivity index (χ1v) is 5.41. The molecule has 0 aromatic rings. The predicted molar refractivity (Wildman–Crippen MR) is 63.5 cm³/mol. The molecule has 0 saturated carbocycles. The lowest BCUT2D eigenvalue weighted by Crippen LogP contribution is -2.46. The summed E-state index contributed by atoms with van der Waals surface area (Å²) in [7, 11) is 0. The van der Waals surface area contributed by atoms with Crippen molar-refractivity contribution in [3.05, 3.63) is 0 Å². The van der Waals surface area contributed by atoms with Gasteiger partial charge in [-0.1, -0.05) is 12.8 Å². The molecular weight excluding hydrogens is 222 g/mol. The number of nitrogens with zero attached hydrogens (tertiary/aromatic N) is 1. The van der Waals surface area contributed by atoms with E-state index in [1.807, 2.05) is 6.92 Å². The lowest BCUT2D eigenvalue weighted by Gasteiger charge is -2.28. The second-order valence-electron chi connectivity index (χ2n) is 4.58. The summed E-state index contributed by atoms with van der Waals surface area (Å²) in [5.74, 6) is 0.849. The van der Waals surface area contributed by atoms with E-state index >= 15 is 0 Å². The van der Waals surface area contributed by atoms with Gasteiger partial charge in [-0.25, -0.2) is 9.59 Å². The minimum Gasteiger partial charge on any atom is -0.479 e. The average molecular weight is 241 g/mol. The van der Waals surface area contributed by atoms with Gasteiger partial charge in [0.2, 0.25) is 0 Å². The van der Waals surface area contributed by atoms with E-state index in [2.05, 4.69) is 5.92 Å². The molecule has 1 amide bonds. The van der Waals surface area contributed by atoms with E-state index in [-0.39, 0.29) is 6.54 Å². The Morgan fingerprint density at radius 3 is 2.29 bits per heavy atom. The highest BCUT2D eigenvalue weighted by Crippen LogP contribution is 2.12. The standard InChI is InChI=1S/C12H19NO4/c1-6-8-13(9(7-2)10(14)15)11(16)17-12(3,4)5/h2,9H,6,8H2,1,3-5H3,(H,14,15)/t9-/m0/s1. The van der Waals surface area contributed by atoms with Crippen LogP contribution in [0.1, 0.15) is 34.1 Å². The van der Waals surface area contributed by atoms with Gasteiger partial charge in [-0.15, -0.1) is 6.42 Å². The zero-order chi connectivity index (χ0) is 13.6. The van der Waals surface area contributed by atoms with E-state index in [1.165, 1.54) is 0 Å². The van der Waals surface area contributed by atoms with Crippen LogP contribution in [0.15, 0.2) is 0 Å². The molecule has 1 N–H and O–H groups in total. The number of carbonyl (C=O) groups excluding carboxylic acids is 1. The average Bonchev–Trinajstić information content (AvgIpc) is 2.14. The van der Waals surface area contributed by atoms with E-state index in [1.54, 1.807) is 20.8 Å². The van der Waals surface area contributed by atoms with Crippen molar-refractivity contribution < 1.29 is 19.4 Å². The van der Waals surface area contributed by atoms with Gasteiger partial charge < -0.3 is 9.84 Å². The molecule has 0 bridgehead atoms. The zero-order valence-corrected chi connectivity index (χ0v) is 10.7. The number of hydrogen-bond donors (Lipinski definition) is 1. The van der Waals surface area contributed by atoms with E-state index < -0.39 is 23.7 Å². The molecule has 1 atom stereocenters. The molecule has 0 radical (unpaired) electrons. The first-order chi connectivity index (χ1) is 7.72. The molecule has 0 saturated heterocycles. The maximum absolute atomic E-state index is 11.8. The predicted octanol–water partition coefficient (Wildman–Crippen LogP) is 1.72. The molecule has 0 heterocycles. The Morgan fingerprint density at radius 2 is 2.00 bits per heavy atom. The van der Waals surface area contributed by atoms with Gasteiger partial charge in [0.1, 0.15) is 5.60 Å². The Kier molecular flexibility index (Phi) is 5.52. The SMILES string of the molecule is C#C[C@@H](C(=O)O)N(CCC)C(=O)OC(C)(C)C. The van der Waals surface area contributed by atoms with Crippen LogP contribution < -0.4 is 0 Å². The summed E-state index contributed by atoms with van der Waals surface area (Å²) in [5, 5.41) is 8.93. The number of terminal acetylenes is 1. The quantitative estimate of drug-likeness (QED) is 0.761. The van der Waals surface area contributed by atoms with Gasteiger partial charge in [-0.2, -0.15) is 0 Å². The van der Waals surface area contributed by atoms with Gasteiger partial charge in [0.15, 0.2) is 6.04 Å². The topological polar surface area (TPSA) is 66.8 Å². The highest BCUT2D eigenvalue weighted by molar-refractivity contribution is 5.83. The summed E-state index contributed by atoms with van der Waals surface area (Å²) < 4.78 is 5.11. The van der Waals surface area contributed by atoms with Crippen LogP contribution in [0.4, 0.5) is 4.79 Å². The molecule has 96 valence electrons. The number of rotatable bonds is 4. The summed E-state index contributed by atoms with van der Waals surface area (Å²) in [4.78, 5) is 23.8. The zero-order valence-electron chi connectivity index (χ0n) is 10.7. The molecule has 0 aliphatic heterocycles. The van der Waals surface area contributed by atoms with Crippen molar-refractivity contribution in [1.82, 2.24) is 4.90 Å². The summed E-state index contributed by atoms with van der Waals surface area (Å²) >= 11 is 0. The summed E-state index contributed by atoms with van der Waals surface area (Å²) in [6, 6.07) is -1.29. The molecular formula is C12H19NO4.